The minimum atomic E-state index is -0.399. The Bertz CT molecular complexity index is 759. The van der Waals surface area contributed by atoms with Gasteiger partial charge in [0.1, 0.15) is 5.75 Å². The molecule has 0 saturated heterocycles. The Morgan fingerprint density at radius 1 is 1.08 bits per heavy atom. The van der Waals surface area contributed by atoms with Crippen LogP contribution in [-0.2, 0) is 9.59 Å². The van der Waals surface area contributed by atoms with Crippen LogP contribution >= 0.6 is 0 Å². The number of quaternary nitrogens is 1. The molecule has 0 aliphatic carbocycles. The summed E-state index contributed by atoms with van der Waals surface area (Å²) in [7, 11) is 3.38. The number of aryl methyl sites for hydroxylation is 1. The number of anilines is 2. The van der Waals surface area contributed by atoms with Crippen molar-refractivity contribution in [3.8, 4) is 5.75 Å². The quantitative estimate of drug-likeness (QED) is 0.704. The normalized spacial score (nSPS) is 12.8. The summed E-state index contributed by atoms with van der Waals surface area (Å²) in [5, 5.41) is 5.71. The Morgan fingerprint density at radius 2 is 1.73 bits per heavy atom. The van der Waals surface area contributed by atoms with E-state index in [0.717, 1.165) is 16.2 Å². The average Bonchev–Trinajstić information content (AvgIpc) is 2.63. The van der Waals surface area contributed by atoms with E-state index in [-0.39, 0.29) is 18.4 Å². The maximum Gasteiger partial charge on any atom is 0.282 e. The maximum atomic E-state index is 12.5. The highest BCUT2D eigenvalue weighted by Gasteiger charge is 2.24. The first kappa shape index (κ1) is 19.5. The van der Waals surface area contributed by atoms with Crippen molar-refractivity contribution in [1.82, 2.24) is 0 Å². The minimum Gasteiger partial charge on any atom is -0.495 e. The number of carbonyl (C=O) groups excluding carboxylic acids is 2. The van der Waals surface area contributed by atoms with Gasteiger partial charge in [-0.3, -0.25) is 9.59 Å². The lowest BCUT2D eigenvalue weighted by atomic mass is 10.2. The first-order valence-corrected chi connectivity index (χ1v) is 8.53. The van der Waals surface area contributed by atoms with E-state index in [2.05, 4.69) is 10.6 Å². The van der Waals surface area contributed by atoms with Crippen molar-refractivity contribution in [3.05, 3.63) is 54.1 Å². The second-order valence-corrected chi connectivity index (χ2v) is 6.35. The zero-order valence-corrected chi connectivity index (χ0v) is 15.6. The lowest BCUT2D eigenvalue weighted by molar-refractivity contribution is -0.885. The van der Waals surface area contributed by atoms with E-state index < -0.39 is 6.04 Å². The molecule has 26 heavy (non-hydrogen) atoms. The minimum absolute atomic E-state index is 0.136. The smallest absolute Gasteiger partial charge is 0.282 e. The summed E-state index contributed by atoms with van der Waals surface area (Å²) in [5.74, 6) is 0.293. The van der Waals surface area contributed by atoms with Crippen molar-refractivity contribution < 1.29 is 19.2 Å². The van der Waals surface area contributed by atoms with Crippen LogP contribution in [-0.4, -0.2) is 38.6 Å². The Balaban J connectivity index is 1.91. The van der Waals surface area contributed by atoms with Crippen molar-refractivity contribution in [2.75, 3.05) is 31.3 Å². The van der Waals surface area contributed by atoms with Gasteiger partial charge < -0.3 is 20.3 Å². The van der Waals surface area contributed by atoms with Crippen molar-refractivity contribution >= 4 is 23.2 Å². The Morgan fingerprint density at radius 3 is 2.38 bits per heavy atom. The van der Waals surface area contributed by atoms with E-state index in [4.69, 9.17) is 4.74 Å². The van der Waals surface area contributed by atoms with Crippen LogP contribution in [0, 0.1) is 6.92 Å². The van der Waals surface area contributed by atoms with Gasteiger partial charge in [-0.15, -0.1) is 0 Å². The van der Waals surface area contributed by atoms with Crippen molar-refractivity contribution in [3.63, 3.8) is 0 Å². The van der Waals surface area contributed by atoms with Gasteiger partial charge in [0.15, 0.2) is 12.6 Å². The summed E-state index contributed by atoms with van der Waals surface area (Å²) in [6.45, 7) is 3.97. The molecule has 0 aromatic heterocycles. The van der Waals surface area contributed by atoms with Crippen LogP contribution < -0.4 is 20.3 Å². The molecule has 3 N–H and O–H groups in total. The second kappa shape index (κ2) is 9.01. The van der Waals surface area contributed by atoms with Gasteiger partial charge in [0.25, 0.3) is 11.8 Å². The molecule has 2 aromatic carbocycles. The summed E-state index contributed by atoms with van der Waals surface area (Å²) in [4.78, 5) is 25.5. The van der Waals surface area contributed by atoms with E-state index in [0.29, 0.717) is 11.4 Å². The fraction of sp³-hybridized carbons (Fsp3) is 0.300. The predicted molar refractivity (Wildman–Crippen MR) is 103 cm³/mol. The molecular weight excluding hydrogens is 330 g/mol. The molecule has 138 valence electrons. The maximum absolute atomic E-state index is 12.5. The topological polar surface area (TPSA) is 71.9 Å². The van der Waals surface area contributed by atoms with Crippen LogP contribution in [0.3, 0.4) is 0 Å². The number of benzene rings is 2. The van der Waals surface area contributed by atoms with E-state index in [1.165, 1.54) is 0 Å². The van der Waals surface area contributed by atoms with Crippen molar-refractivity contribution in [2.24, 2.45) is 0 Å². The molecule has 0 aliphatic heterocycles. The molecule has 0 aliphatic rings. The second-order valence-electron chi connectivity index (χ2n) is 6.35. The number of nitrogens with one attached hydrogen (secondary N) is 3. The van der Waals surface area contributed by atoms with Gasteiger partial charge >= 0.3 is 0 Å². The van der Waals surface area contributed by atoms with Crippen molar-refractivity contribution in [2.45, 2.75) is 19.9 Å². The first-order valence-electron chi connectivity index (χ1n) is 8.53. The molecule has 2 rings (SSSR count). The largest absolute Gasteiger partial charge is 0.495 e. The highest BCUT2D eigenvalue weighted by atomic mass is 16.5. The molecule has 0 spiro atoms. The summed E-state index contributed by atoms with van der Waals surface area (Å²) >= 11 is 0. The molecule has 2 atom stereocenters. The monoisotopic (exact) mass is 356 g/mol. The van der Waals surface area contributed by atoms with Gasteiger partial charge in [0.05, 0.1) is 19.8 Å². The number of carbonyl (C=O) groups is 2. The lowest BCUT2D eigenvalue weighted by Gasteiger charge is -2.21. The van der Waals surface area contributed by atoms with Crippen molar-refractivity contribution in [1.29, 1.82) is 0 Å². The molecule has 0 saturated carbocycles. The summed E-state index contributed by atoms with van der Waals surface area (Å²) in [6.07, 6.45) is 0. The van der Waals surface area contributed by atoms with Gasteiger partial charge in [-0.1, -0.05) is 29.8 Å². The highest BCUT2D eigenvalue weighted by molar-refractivity contribution is 5.95. The third-order valence-corrected chi connectivity index (χ3v) is 4.27. The number of hydrogen-bond donors (Lipinski definition) is 3. The van der Waals surface area contributed by atoms with Gasteiger partial charge in [-0.2, -0.15) is 0 Å². The molecule has 0 radical (unpaired) electrons. The number of likely N-dealkylation sites (N-methyl/N-ethyl adjacent to an activating group) is 1. The zero-order chi connectivity index (χ0) is 19.1. The molecule has 2 amide bonds. The van der Waals surface area contributed by atoms with E-state index in [9.17, 15) is 9.59 Å². The van der Waals surface area contributed by atoms with Crippen LogP contribution in [0.25, 0.3) is 0 Å². The van der Waals surface area contributed by atoms with Gasteiger partial charge in [0.2, 0.25) is 0 Å². The SMILES string of the molecule is COc1ccccc1NC(=O)[C@H](C)[NH+](C)CC(=O)Nc1ccc(C)cc1. The van der Waals surface area contributed by atoms with Crippen LogP contribution in [0.1, 0.15) is 12.5 Å². The standard InChI is InChI=1S/C20H25N3O3/c1-14-9-11-16(12-10-14)21-19(24)13-23(3)15(2)20(25)22-17-7-5-6-8-18(17)26-4/h5-12,15H,13H2,1-4H3,(H,21,24)(H,22,25)/p+1/t15-/m0/s1. The van der Waals surface area contributed by atoms with Crippen LogP contribution in [0.4, 0.5) is 11.4 Å². The van der Waals surface area contributed by atoms with Crippen LogP contribution in [0.15, 0.2) is 48.5 Å². The molecule has 0 heterocycles. The summed E-state index contributed by atoms with van der Waals surface area (Å²) < 4.78 is 5.24. The molecular formula is C20H26N3O3+. The summed E-state index contributed by atoms with van der Waals surface area (Å²) in [6, 6.07) is 14.4. The zero-order valence-electron chi connectivity index (χ0n) is 15.6. The molecule has 0 bridgehead atoms. The van der Waals surface area contributed by atoms with E-state index >= 15 is 0 Å². The number of rotatable bonds is 7. The molecule has 6 nitrogen and oxygen atoms in total. The molecule has 6 heteroatoms. The molecule has 1 unspecified atom stereocenters. The average molecular weight is 356 g/mol. The van der Waals surface area contributed by atoms with Crippen LogP contribution in [0.5, 0.6) is 5.75 Å². The van der Waals surface area contributed by atoms with Crippen LogP contribution in [0.2, 0.25) is 0 Å². The number of amides is 2. The fourth-order valence-electron chi connectivity index (χ4n) is 2.46. The predicted octanol–water partition coefficient (Wildman–Crippen LogP) is 1.48. The Labute approximate surface area is 154 Å². The van der Waals surface area contributed by atoms with Gasteiger partial charge in [0, 0.05) is 5.69 Å². The third-order valence-electron chi connectivity index (χ3n) is 4.27. The number of methoxy groups -OCH3 is 1. The molecule has 2 aromatic rings. The fourth-order valence-corrected chi connectivity index (χ4v) is 2.46. The third kappa shape index (κ3) is 5.32. The van der Waals surface area contributed by atoms with Gasteiger partial charge in [-0.05, 0) is 38.1 Å². The van der Waals surface area contributed by atoms with E-state index in [1.807, 2.05) is 50.4 Å². The Kier molecular flexibility index (Phi) is 6.74. The number of hydrogen-bond acceptors (Lipinski definition) is 3. The number of ether oxygens (including phenoxy) is 1. The van der Waals surface area contributed by atoms with E-state index in [1.54, 1.807) is 26.2 Å². The summed E-state index contributed by atoms with van der Waals surface area (Å²) in [5.41, 5.74) is 2.50. The molecule has 0 fully saturated rings. The van der Waals surface area contributed by atoms with Gasteiger partial charge in [-0.25, -0.2) is 0 Å². The first-order chi connectivity index (χ1) is 12.4. The lowest BCUT2D eigenvalue weighted by Crippen LogP contribution is -3.14. The Hall–Kier alpha value is -2.86. The number of para-hydroxylation sites is 2. The highest BCUT2D eigenvalue weighted by Crippen LogP contribution is 2.22.